The summed E-state index contributed by atoms with van der Waals surface area (Å²) in [6.45, 7) is 5.89. The number of carbonyl (C=O) groups excluding carboxylic acids is 1. The number of benzene rings is 2. The maximum absolute atomic E-state index is 13.1. The van der Waals surface area contributed by atoms with Crippen LogP contribution in [-0.2, 0) is 12.0 Å². The SMILES string of the molecule is COc1ccc2c(c1)OCCN(C(=O)NCC(C)(C)c1ccc(F)cc1)C2. The number of nitrogens with one attached hydrogen (secondary N) is 1. The lowest BCUT2D eigenvalue weighted by Gasteiger charge is -2.28. The highest BCUT2D eigenvalue weighted by Gasteiger charge is 2.25. The van der Waals surface area contributed by atoms with E-state index in [4.69, 9.17) is 9.47 Å². The zero-order valence-electron chi connectivity index (χ0n) is 15.9. The Balaban J connectivity index is 1.64. The minimum atomic E-state index is -0.309. The van der Waals surface area contributed by atoms with Gasteiger partial charge in [-0.2, -0.15) is 0 Å². The van der Waals surface area contributed by atoms with Crippen LogP contribution in [-0.4, -0.2) is 37.7 Å². The number of carbonyl (C=O) groups is 1. The van der Waals surface area contributed by atoms with Gasteiger partial charge in [-0.05, 0) is 29.8 Å². The van der Waals surface area contributed by atoms with Gasteiger partial charge in [0.1, 0.15) is 23.9 Å². The topological polar surface area (TPSA) is 50.8 Å². The molecule has 0 aliphatic carbocycles. The molecule has 0 radical (unpaired) electrons. The molecule has 2 aromatic rings. The first-order valence-corrected chi connectivity index (χ1v) is 8.97. The minimum Gasteiger partial charge on any atom is -0.497 e. The Kier molecular flexibility index (Phi) is 5.54. The number of hydrogen-bond acceptors (Lipinski definition) is 3. The molecule has 0 fully saturated rings. The van der Waals surface area contributed by atoms with Crippen molar-refractivity contribution >= 4 is 6.03 Å². The number of nitrogens with zero attached hydrogens (tertiary/aromatic N) is 1. The molecule has 1 heterocycles. The molecule has 3 rings (SSSR count). The number of halogens is 1. The molecule has 1 N–H and O–H groups in total. The molecule has 0 saturated heterocycles. The zero-order chi connectivity index (χ0) is 19.4. The largest absolute Gasteiger partial charge is 0.497 e. The molecule has 0 saturated carbocycles. The predicted octanol–water partition coefficient (Wildman–Crippen LogP) is 3.72. The highest BCUT2D eigenvalue weighted by atomic mass is 19.1. The summed E-state index contributed by atoms with van der Waals surface area (Å²) < 4.78 is 24.1. The van der Waals surface area contributed by atoms with Crippen LogP contribution in [0.3, 0.4) is 0 Å². The van der Waals surface area contributed by atoms with Crippen molar-refractivity contribution in [3.8, 4) is 11.5 Å². The van der Waals surface area contributed by atoms with Crippen LogP contribution in [0.4, 0.5) is 9.18 Å². The van der Waals surface area contributed by atoms with E-state index in [1.165, 1.54) is 12.1 Å². The summed E-state index contributed by atoms with van der Waals surface area (Å²) in [6.07, 6.45) is 0. The fraction of sp³-hybridized carbons (Fsp3) is 0.381. The van der Waals surface area contributed by atoms with E-state index >= 15 is 0 Å². The molecule has 6 heteroatoms. The Morgan fingerprint density at radius 3 is 2.70 bits per heavy atom. The summed E-state index contributed by atoms with van der Waals surface area (Å²) in [5, 5.41) is 3.00. The smallest absolute Gasteiger partial charge is 0.317 e. The van der Waals surface area contributed by atoms with Crippen LogP contribution >= 0.6 is 0 Å². The second-order valence-electron chi connectivity index (χ2n) is 7.29. The number of fused-ring (bicyclic) bond motifs is 1. The van der Waals surface area contributed by atoms with E-state index in [1.54, 1.807) is 24.1 Å². The molecule has 0 bridgehead atoms. The van der Waals surface area contributed by atoms with Gasteiger partial charge >= 0.3 is 6.03 Å². The number of ether oxygens (including phenoxy) is 2. The van der Waals surface area contributed by atoms with Gasteiger partial charge in [-0.1, -0.05) is 26.0 Å². The minimum absolute atomic E-state index is 0.141. The number of hydrogen-bond donors (Lipinski definition) is 1. The highest BCUT2D eigenvalue weighted by molar-refractivity contribution is 5.74. The molecule has 0 spiro atoms. The average molecular weight is 372 g/mol. The van der Waals surface area contributed by atoms with E-state index in [0.29, 0.717) is 26.2 Å². The lowest BCUT2D eigenvalue weighted by molar-refractivity contribution is 0.185. The van der Waals surface area contributed by atoms with Crippen molar-refractivity contribution in [3.63, 3.8) is 0 Å². The Morgan fingerprint density at radius 1 is 1.26 bits per heavy atom. The third kappa shape index (κ3) is 4.51. The molecular formula is C21H25FN2O3. The van der Waals surface area contributed by atoms with Crippen molar-refractivity contribution in [2.75, 3.05) is 26.8 Å². The van der Waals surface area contributed by atoms with Crippen molar-refractivity contribution in [1.82, 2.24) is 10.2 Å². The number of amides is 2. The quantitative estimate of drug-likeness (QED) is 0.890. The molecule has 0 unspecified atom stereocenters. The maximum Gasteiger partial charge on any atom is 0.317 e. The van der Waals surface area contributed by atoms with Gasteiger partial charge in [-0.25, -0.2) is 9.18 Å². The summed E-state index contributed by atoms with van der Waals surface area (Å²) in [5.41, 5.74) is 1.61. The van der Waals surface area contributed by atoms with Crippen LogP contribution in [0.15, 0.2) is 42.5 Å². The predicted molar refractivity (Wildman–Crippen MR) is 102 cm³/mol. The van der Waals surface area contributed by atoms with Crippen molar-refractivity contribution in [2.24, 2.45) is 0 Å². The van der Waals surface area contributed by atoms with Gasteiger partial charge in [0.05, 0.1) is 20.2 Å². The van der Waals surface area contributed by atoms with E-state index in [9.17, 15) is 9.18 Å². The van der Waals surface area contributed by atoms with E-state index in [0.717, 1.165) is 22.6 Å². The van der Waals surface area contributed by atoms with E-state index < -0.39 is 0 Å². The fourth-order valence-corrected chi connectivity index (χ4v) is 3.06. The molecule has 2 aromatic carbocycles. The summed E-state index contributed by atoms with van der Waals surface area (Å²) in [7, 11) is 1.61. The first-order valence-electron chi connectivity index (χ1n) is 8.97. The van der Waals surface area contributed by atoms with Crippen LogP contribution in [0.2, 0.25) is 0 Å². The van der Waals surface area contributed by atoms with E-state index in [1.807, 2.05) is 32.0 Å². The lowest BCUT2D eigenvalue weighted by atomic mass is 9.84. The molecule has 5 nitrogen and oxygen atoms in total. The third-order valence-electron chi connectivity index (χ3n) is 4.85. The third-order valence-corrected chi connectivity index (χ3v) is 4.85. The first kappa shape index (κ1) is 19.0. The summed E-state index contributed by atoms with van der Waals surface area (Å²) in [5.74, 6) is 1.21. The number of rotatable bonds is 4. The lowest BCUT2D eigenvalue weighted by Crippen LogP contribution is -2.45. The van der Waals surface area contributed by atoms with Gasteiger partial charge in [0.15, 0.2) is 0 Å². The summed E-state index contributed by atoms with van der Waals surface area (Å²) in [4.78, 5) is 14.4. The van der Waals surface area contributed by atoms with Gasteiger partial charge in [-0.3, -0.25) is 0 Å². The average Bonchev–Trinajstić information content (AvgIpc) is 2.88. The molecule has 2 amide bonds. The van der Waals surface area contributed by atoms with Crippen LogP contribution < -0.4 is 14.8 Å². The second-order valence-corrected chi connectivity index (χ2v) is 7.29. The molecule has 0 atom stereocenters. The Hall–Kier alpha value is -2.76. The standard InChI is InChI=1S/C21H25FN2O3/c1-21(2,16-5-7-17(22)8-6-16)14-23-20(25)24-10-11-27-19-12-18(26-3)9-4-15(19)13-24/h4-9,12H,10-11,13-14H2,1-3H3,(H,23,25). The highest BCUT2D eigenvalue weighted by Crippen LogP contribution is 2.28. The molecule has 0 aromatic heterocycles. The normalized spacial score (nSPS) is 14.0. The van der Waals surface area contributed by atoms with Crippen LogP contribution in [0.25, 0.3) is 0 Å². The molecular weight excluding hydrogens is 347 g/mol. The Morgan fingerprint density at radius 2 is 2.00 bits per heavy atom. The molecule has 144 valence electrons. The van der Waals surface area contributed by atoms with Gasteiger partial charge in [0.2, 0.25) is 0 Å². The van der Waals surface area contributed by atoms with Crippen molar-refractivity contribution in [1.29, 1.82) is 0 Å². The molecule has 1 aliphatic heterocycles. The van der Waals surface area contributed by atoms with Crippen LogP contribution in [0.1, 0.15) is 25.0 Å². The van der Waals surface area contributed by atoms with E-state index in [2.05, 4.69) is 5.32 Å². The fourth-order valence-electron chi connectivity index (χ4n) is 3.06. The molecule has 1 aliphatic rings. The Labute approximate surface area is 159 Å². The van der Waals surface area contributed by atoms with Gasteiger partial charge < -0.3 is 19.7 Å². The molecule has 27 heavy (non-hydrogen) atoms. The van der Waals surface area contributed by atoms with Gasteiger partial charge in [0.25, 0.3) is 0 Å². The van der Waals surface area contributed by atoms with E-state index in [-0.39, 0.29) is 17.3 Å². The second kappa shape index (κ2) is 7.86. The van der Waals surface area contributed by atoms with Gasteiger partial charge in [0, 0.05) is 23.6 Å². The van der Waals surface area contributed by atoms with Crippen LogP contribution in [0, 0.1) is 5.82 Å². The first-order chi connectivity index (χ1) is 12.9. The van der Waals surface area contributed by atoms with Crippen LogP contribution in [0.5, 0.6) is 11.5 Å². The zero-order valence-corrected chi connectivity index (χ0v) is 15.9. The van der Waals surface area contributed by atoms with Gasteiger partial charge in [-0.15, -0.1) is 0 Å². The monoisotopic (exact) mass is 372 g/mol. The number of urea groups is 1. The van der Waals surface area contributed by atoms with Crippen molar-refractivity contribution < 1.29 is 18.7 Å². The Bertz CT molecular complexity index is 806. The van der Waals surface area contributed by atoms with Crippen molar-refractivity contribution in [3.05, 3.63) is 59.4 Å². The number of methoxy groups -OCH3 is 1. The summed E-state index contributed by atoms with van der Waals surface area (Å²) in [6, 6.07) is 11.9. The summed E-state index contributed by atoms with van der Waals surface area (Å²) >= 11 is 0. The van der Waals surface area contributed by atoms with Crippen molar-refractivity contribution in [2.45, 2.75) is 25.8 Å². The maximum atomic E-state index is 13.1.